The molecule has 2 heterocycles. The number of amides is 1. The highest BCUT2D eigenvalue weighted by atomic mass is 35.5. The fourth-order valence-electron chi connectivity index (χ4n) is 3.52. The SMILES string of the molecule is Cc1cc(N2Cc3ccccc3C2=O)cc2nc(-c3ccc(Cl)cc3)oc12. The molecule has 0 fully saturated rings. The highest BCUT2D eigenvalue weighted by Gasteiger charge is 2.28. The van der Waals surface area contributed by atoms with Crippen molar-refractivity contribution in [1.82, 2.24) is 4.98 Å². The molecule has 3 aromatic carbocycles. The number of aryl methyl sites for hydroxylation is 1. The lowest BCUT2D eigenvalue weighted by atomic mass is 10.1. The molecule has 0 atom stereocenters. The van der Waals surface area contributed by atoms with E-state index in [0.29, 0.717) is 17.5 Å². The molecule has 1 aliphatic heterocycles. The molecule has 1 amide bonds. The van der Waals surface area contributed by atoms with E-state index in [1.807, 2.05) is 67.6 Å². The van der Waals surface area contributed by atoms with E-state index >= 15 is 0 Å². The topological polar surface area (TPSA) is 46.3 Å². The van der Waals surface area contributed by atoms with Gasteiger partial charge in [-0.25, -0.2) is 4.98 Å². The first kappa shape index (κ1) is 16.1. The van der Waals surface area contributed by atoms with Crippen molar-refractivity contribution in [3.05, 3.63) is 82.4 Å². The predicted octanol–water partition coefficient (Wildman–Crippen LogP) is 5.62. The van der Waals surface area contributed by atoms with Gasteiger partial charge in [0, 0.05) is 21.8 Å². The third-order valence-electron chi connectivity index (χ3n) is 4.88. The van der Waals surface area contributed by atoms with E-state index in [4.69, 9.17) is 16.0 Å². The summed E-state index contributed by atoms with van der Waals surface area (Å²) < 4.78 is 5.97. The Labute approximate surface area is 161 Å². The van der Waals surface area contributed by atoms with Gasteiger partial charge in [0.05, 0.1) is 6.54 Å². The molecule has 0 N–H and O–H groups in total. The molecule has 5 heteroatoms. The molecule has 0 saturated heterocycles. The van der Waals surface area contributed by atoms with Gasteiger partial charge in [-0.05, 0) is 60.5 Å². The monoisotopic (exact) mass is 374 g/mol. The highest BCUT2D eigenvalue weighted by molar-refractivity contribution is 6.30. The first-order valence-electron chi connectivity index (χ1n) is 8.67. The number of oxazole rings is 1. The number of halogens is 1. The molecule has 27 heavy (non-hydrogen) atoms. The van der Waals surface area contributed by atoms with Gasteiger partial charge in [0.15, 0.2) is 5.58 Å². The first-order valence-corrected chi connectivity index (χ1v) is 9.05. The maximum Gasteiger partial charge on any atom is 0.258 e. The minimum absolute atomic E-state index is 0.0192. The van der Waals surface area contributed by atoms with Crippen molar-refractivity contribution in [3.63, 3.8) is 0 Å². The van der Waals surface area contributed by atoms with Crippen LogP contribution in [0.1, 0.15) is 21.5 Å². The van der Waals surface area contributed by atoms with E-state index in [1.54, 1.807) is 4.90 Å². The van der Waals surface area contributed by atoms with Crippen LogP contribution in [-0.2, 0) is 6.54 Å². The molecule has 132 valence electrons. The van der Waals surface area contributed by atoms with E-state index < -0.39 is 0 Å². The zero-order valence-electron chi connectivity index (χ0n) is 14.6. The van der Waals surface area contributed by atoms with Crippen molar-refractivity contribution in [2.24, 2.45) is 0 Å². The van der Waals surface area contributed by atoms with Gasteiger partial charge in [-0.1, -0.05) is 29.8 Å². The average molecular weight is 375 g/mol. The standard InChI is InChI=1S/C22H15ClN2O2/c1-13-10-17(25-12-15-4-2-3-5-18(15)22(25)26)11-19-20(13)27-21(24-19)14-6-8-16(23)9-7-14/h2-11H,12H2,1H3. The Hall–Kier alpha value is -3.11. The number of hydrogen-bond donors (Lipinski definition) is 0. The summed E-state index contributed by atoms with van der Waals surface area (Å²) in [5, 5.41) is 0.667. The number of nitrogens with zero attached hydrogens (tertiary/aromatic N) is 2. The summed E-state index contributed by atoms with van der Waals surface area (Å²) >= 11 is 5.96. The summed E-state index contributed by atoms with van der Waals surface area (Å²) in [6.45, 7) is 2.54. The molecule has 0 spiro atoms. The Kier molecular flexibility index (Phi) is 3.55. The number of benzene rings is 3. The highest BCUT2D eigenvalue weighted by Crippen LogP contribution is 2.34. The third kappa shape index (κ3) is 2.61. The number of rotatable bonds is 2. The number of anilines is 1. The number of aromatic nitrogens is 1. The molecule has 4 nitrogen and oxygen atoms in total. The Morgan fingerprint density at radius 2 is 1.85 bits per heavy atom. The minimum Gasteiger partial charge on any atom is -0.436 e. The molecule has 0 bridgehead atoms. The van der Waals surface area contributed by atoms with Crippen LogP contribution in [0.3, 0.4) is 0 Å². The second kappa shape index (κ2) is 5.96. The molecule has 0 aliphatic carbocycles. The summed E-state index contributed by atoms with van der Waals surface area (Å²) in [6.07, 6.45) is 0. The van der Waals surface area contributed by atoms with Gasteiger partial charge in [0.25, 0.3) is 5.91 Å². The van der Waals surface area contributed by atoms with Crippen molar-refractivity contribution in [3.8, 4) is 11.5 Å². The fourth-order valence-corrected chi connectivity index (χ4v) is 3.64. The molecule has 0 unspecified atom stereocenters. The smallest absolute Gasteiger partial charge is 0.258 e. The van der Waals surface area contributed by atoms with E-state index in [-0.39, 0.29) is 5.91 Å². The van der Waals surface area contributed by atoms with Crippen LogP contribution in [0.4, 0.5) is 5.69 Å². The average Bonchev–Trinajstić information content (AvgIpc) is 3.25. The zero-order chi connectivity index (χ0) is 18.5. The summed E-state index contributed by atoms with van der Waals surface area (Å²) in [7, 11) is 0. The lowest BCUT2D eigenvalue weighted by Crippen LogP contribution is -2.23. The maximum absolute atomic E-state index is 12.8. The Bertz CT molecular complexity index is 1190. The predicted molar refractivity (Wildman–Crippen MR) is 106 cm³/mol. The van der Waals surface area contributed by atoms with Gasteiger partial charge in [0.1, 0.15) is 5.52 Å². The van der Waals surface area contributed by atoms with Crippen LogP contribution < -0.4 is 4.90 Å². The van der Waals surface area contributed by atoms with Gasteiger partial charge in [-0.15, -0.1) is 0 Å². The van der Waals surface area contributed by atoms with Crippen molar-refractivity contribution in [1.29, 1.82) is 0 Å². The van der Waals surface area contributed by atoms with E-state index in [2.05, 4.69) is 4.98 Å². The van der Waals surface area contributed by atoms with Gasteiger partial charge in [-0.3, -0.25) is 4.79 Å². The van der Waals surface area contributed by atoms with Crippen LogP contribution in [0.5, 0.6) is 0 Å². The van der Waals surface area contributed by atoms with Gasteiger partial charge >= 0.3 is 0 Å². The summed E-state index contributed by atoms with van der Waals surface area (Å²) in [6, 6.07) is 19.0. The lowest BCUT2D eigenvalue weighted by molar-refractivity contribution is 0.0996. The number of hydrogen-bond acceptors (Lipinski definition) is 3. The number of fused-ring (bicyclic) bond motifs is 2. The van der Waals surface area contributed by atoms with E-state index in [0.717, 1.165) is 39.0 Å². The molecular weight excluding hydrogens is 360 g/mol. The van der Waals surface area contributed by atoms with Crippen LogP contribution in [0.15, 0.2) is 65.1 Å². The zero-order valence-corrected chi connectivity index (χ0v) is 15.3. The first-order chi connectivity index (χ1) is 13.1. The number of carbonyl (C=O) groups excluding carboxylic acids is 1. The molecular formula is C22H15ClN2O2. The van der Waals surface area contributed by atoms with Crippen LogP contribution >= 0.6 is 11.6 Å². The molecule has 5 rings (SSSR count). The second-order valence-corrected chi connectivity index (χ2v) is 7.12. The van der Waals surface area contributed by atoms with E-state index in [1.165, 1.54) is 0 Å². The molecule has 1 aliphatic rings. The third-order valence-corrected chi connectivity index (χ3v) is 5.14. The summed E-state index contributed by atoms with van der Waals surface area (Å²) in [4.78, 5) is 19.2. The van der Waals surface area contributed by atoms with Crippen LogP contribution in [0, 0.1) is 6.92 Å². The van der Waals surface area contributed by atoms with Gasteiger partial charge < -0.3 is 9.32 Å². The maximum atomic E-state index is 12.8. The summed E-state index contributed by atoms with van der Waals surface area (Å²) in [5.74, 6) is 0.559. The quantitative estimate of drug-likeness (QED) is 0.457. The Balaban J connectivity index is 1.58. The molecule has 1 aromatic heterocycles. The van der Waals surface area contributed by atoms with Gasteiger partial charge in [-0.2, -0.15) is 0 Å². The molecule has 0 saturated carbocycles. The second-order valence-electron chi connectivity index (χ2n) is 6.69. The largest absolute Gasteiger partial charge is 0.436 e. The van der Waals surface area contributed by atoms with Crippen molar-refractivity contribution < 1.29 is 9.21 Å². The van der Waals surface area contributed by atoms with Crippen molar-refractivity contribution in [2.75, 3.05) is 4.90 Å². The fraction of sp³-hybridized carbons (Fsp3) is 0.0909. The normalized spacial score (nSPS) is 13.4. The van der Waals surface area contributed by atoms with Gasteiger partial charge in [0.2, 0.25) is 5.89 Å². The summed E-state index contributed by atoms with van der Waals surface area (Å²) in [5.41, 5.74) is 5.91. The van der Waals surface area contributed by atoms with Crippen LogP contribution in [-0.4, -0.2) is 10.9 Å². The molecule has 4 aromatic rings. The minimum atomic E-state index is 0.0192. The molecule has 0 radical (unpaired) electrons. The number of carbonyl (C=O) groups is 1. The van der Waals surface area contributed by atoms with Crippen molar-refractivity contribution in [2.45, 2.75) is 13.5 Å². The van der Waals surface area contributed by atoms with Crippen molar-refractivity contribution >= 4 is 34.3 Å². The Morgan fingerprint density at radius 1 is 1.07 bits per heavy atom. The lowest BCUT2D eigenvalue weighted by Gasteiger charge is -2.16. The Morgan fingerprint density at radius 3 is 2.63 bits per heavy atom. The van der Waals surface area contributed by atoms with E-state index in [9.17, 15) is 4.79 Å². The van der Waals surface area contributed by atoms with Crippen LogP contribution in [0.2, 0.25) is 5.02 Å². The van der Waals surface area contributed by atoms with Crippen LogP contribution in [0.25, 0.3) is 22.6 Å².